The molecule has 2 N–H and O–H groups in total. The number of carbonyl (C=O) groups excluding carboxylic acids is 1. The summed E-state index contributed by atoms with van der Waals surface area (Å²) in [5.74, 6) is 0.297. The zero-order valence-electron chi connectivity index (χ0n) is 15.9. The fourth-order valence-corrected chi connectivity index (χ4v) is 4.68. The summed E-state index contributed by atoms with van der Waals surface area (Å²) in [4.78, 5) is 14.2. The highest BCUT2D eigenvalue weighted by atomic mass is 32.1. The molecule has 0 spiro atoms. The molecule has 1 saturated heterocycles. The molecule has 1 atom stereocenters. The van der Waals surface area contributed by atoms with E-state index in [2.05, 4.69) is 46.2 Å². The lowest BCUT2D eigenvalue weighted by Crippen LogP contribution is -2.33. The van der Waals surface area contributed by atoms with Gasteiger partial charge in [-0.15, -0.1) is 16.4 Å². The van der Waals surface area contributed by atoms with Crippen molar-refractivity contribution in [2.75, 3.05) is 13.1 Å². The summed E-state index contributed by atoms with van der Waals surface area (Å²) in [6.07, 6.45) is 4.10. The minimum Gasteiger partial charge on any atom is -0.343 e. The molecule has 0 saturated carbocycles. The van der Waals surface area contributed by atoms with Crippen LogP contribution in [0, 0.1) is 12.8 Å². The van der Waals surface area contributed by atoms with Crippen LogP contribution < -0.4 is 10.6 Å². The van der Waals surface area contributed by atoms with Gasteiger partial charge in [0.2, 0.25) is 0 Å². The molecule has 1 aliphatic rings. The van der Waals surface area contributed by atoms with E-state index in [4.69, 9.17) is 0 Å². The van der Waals surface area contributed by atoms with Gasteiger partial charge in [0, 0.05) is 4.88 Å². The van der Waals surface area contributed by atoms with Crippen molar-refractivity contribution in [3.63, 3.8) is 0 Å². The predicted molar refractivity (Wildman–Crippen MR) is 104 cm³/mol. The van der Waals surface area contributed by atoms with Crippen molar-refractivity contribution in [3.05, 3.63) is 33.8 Å². The Labute approximate surface area is 159 Å². The van der Waals surface area contributed by atoms with Gasteiger partial charge in [0.05, 0.1) is 17.8 Å². The Kier molecular flexibility index (Phi) is 6.43. The Morgan fingerprint density at radius 2 is 2.12 bits per heavy atom. The predicted octanol–water partition coefficient (Wildman–Crippen LogP) is 3.48. The number of nitrogens with one attached hydrogen (secondary N) is 2. The molecule has 2 aromatic heterocycles. The number of carbonyl (C=O) groups is 1. The molecule has 1 amide bonds. The molecule has 3 heterocycles. The summed E-state index contributed by atoms with van der Waals surface area (Å²) in [5.41, 5.74) is 1.32. The van der Waals surface area contributed by atoms with Gasteiger partial charge in [0.25, 0.3) is 5.91 Å². The maximum Gasteiger partial charge on any atom is 0.274 e. The number of hydrogen-bond acceptors (Lipinski definition) is 5. The number of rotatable bonds is 7. The molecule has 1 unspecified atom stereocenters. The first-order chi connectivity index (χ1) is 12.7. The van der Waals surface area contributed by atoms with Crippen LogP contribution in [0.2, 0.25) is 0 Å². The van der Waals surface area contributed by atoms with Crippen molar-refractivity contribution in [2.24, 2.45) is 5.92 Å². The van der Waals surface area contributed by atoms with Gasteiger partial charge in [-0.3, -0.25) is 4.79 Å². The molecule has 7 heteroatoms. The highest BCUT2D eigenvalue weighted by molar-refractivity contribution is 7.10. The van der Waals surface area contributed by atoms with E-state index in [1.165, 1.54) is 4.88 Å². The maximum absolute atomic E-state index is 13.0. The highest BCUT2D eigenvalue weighted by Gasteiger charge is 2.27. The minimum atomic E-state index is -0.118. The Morgan fingerprint density at radius 3 is 2.73 bits per heavy atom. The molecule has 0 aromatic carbocycles. The average Bonchev–Trinajstić information content (AvgIpc) is 3.32. The molecule has 3 rings (SSSR count). The van der Waals surface area contributed by atoms with Crippen LogP contribution in [0.4, 0.5) is 0 Å². The number of piperidine rings is 1. The standard InChI is InChI=1S/C19H29N5OS/c1-4-14(5-2)18(16-7-6-12-26-16)21-19(25)17-13(3)24(23-22-17)15-8-10-20-11-9-15/h6-7,12,14-15,18,20H,4-5,8-11H2,1-3H3,(H,21,25). The van der Waals surface area contributed by atoms with Gasteiger partial charge in [0.15, 0.2) is 5.69 Å². The number of thiophene rings is 1. The Hall–Kier alpha value is -1.73. The van der Waals surface area contributed by atoms with Gasteiger partial charge < -0.3 is 10.6 Å². The molecule has 0 radical (unpaired) electrons. The zero-order chi connectivity index (χ0) is 18.5. The SMILES string of the molecule is CCC(CC)C(NC(=O)c1nnn(C2CCNCC2)c1C)c1cccs1. The zero-order valence-corrected chi connectivity index (χ0v) is 16.7. The summed E-state index contributed by atoms with van der Waals surface area (Å²) in [7, 11) is 0. The quantitative estimate of drug-likeness (QED) is 0.777. The summed E-state index contributed by atoms with van der Waals surface area (Å²) in [6.45, 7) is 8.29. The van der Waals surface area contributed by atoms with E-state index in [0.717, 1.165) is 44.5 Å². The lowest BCUT2D eigenvalue weighted by atomic mass is 9.93. The van der Waals surface area contributed by atoms with Gasteiger partial charge in [-0.05, 0) is 50.2 Å². The first kappa shape index (κ1) is 19.0. The van der Waals surface area contributed by atoms with Crippen LogP contribution in [0.25, 0.3) is 0 Å². The van der Waals surface area contributed by atoms with Gasteiger partial charge in [-0.1, -0.05) is 38.0 Å². The van der Waals surface area contributed by atoms with Crippen LogP contribution >= 0.6 is 11.3 Å². The van der Waals surface area contributed by atoms with E-state index >= 15 is 0 Å². The van der Waals surface area contributed by atoms with Gasteiger partial charge >= 0.3 is 0 Å². The van der Waals surface area contributed by atoms with Crippen LogP contribution in [0.3, 0.4) is 0 Å². The van der Waals surface area contributed by atoms with Crippen molar-refractivity contribution < 1.29 is 4.79 Å². The third kappa shape index (κ3) is 3.99. The van der Waals surface area contributed by atoms with E-state index in [1.807, 2.05) is 17.7 Å². The van der Waals surface area contributed by atoms with Gasteiger partial charge in [0.1, 0.15) is 0 Å². The molecule has 26 heavy (non-hydrogen) atoms. The van der Waals surface area contributed by atoms with E-state index in [0.29, 0.717) is 17.7 Å². The van der Waals surface area contributed by atoms with Crippen LogP contribution in [-0.2, 0) is 0 Å². The lowest BCUT2D eigenvalue weighted by Gasteiger charge is -2.25. The van der Waals surface area contributed by atoms with Crippen molar-refractivity contribution in [2.45, 2.75) is 58.5 Å². The van der Waals surface area contributed by atoms with Gasteiger partial charge in [-0.2, -0.15) is 0 Å². The van der Waals surface area contributed by atoms with E-state index in [-0.39, 0.29) is 11.9 Å². The number of hydrogen-bond donors (Lipinski definition) is 2. The summed E-state index contributed by atoms with van der Waals surface area (Å²) in [5, 5.41) is 17.2. The fourth-order valence-electron chi connectivity index (χ4n) is 3.81. The molecule has 0 aliphatic carbocycles. The summed E-state index contributed by atoms with van der Waals surface area (Å²) < 4.78 is 1.94. The number of nitrogens with zero attached hydrogens (tertiary/aromatic N) is 3. The molecule has 1 aliphatic heterocycles. The average molecular weight is 376 g/mol. The molecule has 6 nitrogen and oxygen atoms in total. The van der Waals surface area contributed by atoms with Crippen LogP contribution in [0.5, 0.6) is 0 Å². The monoisotopic (exact) mass is 375 g/mol. The summed E-state index contributed by atoms with van der Waals surface area (Å²) >= 11 is 1.70. The first-order valence-electron chi connectivity index (χ1n) is 9.62. The van der Waals surface area contributed by atoms with Crippen LogP contribution in [0.15, 0.2) is 17.5 Å². The molecular weight excluding hydrogens is 346 g/mol. The van der Waals surface area contributed by atoms with E-state index < -0.39 is 0 Å². The second-order valence-corrected chi connectivity index (χ2v) is 7.97. The van der Waals surface area contributed by atoms with Gasteiger partial charge in [-0.25, -0.2) is 4.68 Å². The highest BCUT2D eigenvalue weighted by Crippen LogP contribution is 2.31. The minimum absolute atomic E-state index is 0.0286. The largest absolute Gasteiger partial charge is 0.343 e. The Balaban J connectivity index is 1.78. The normalized spacial score (nSPS) is 16.8. The second kappa shape index (κ2) is 8.77. The first-order valence-corrected chi connectivity index (χ1v) is 10.5. The topological polar surface area (TPSA) is 71.8 Å². The van der Waals surface area contributed by atoms with Crippen molar-refractivity contribution in [1.29, 1.82) is 0 Å². The third-order valence-electron chi connectivity index (χ3n) is 5.45. The molecular formula is C19H29N5OS. The second-order valence-electron chi connectivity index (χ2n) is 6.99. The number of aromatic nitrogens is 3. The molecule has 2 aromatic rings. The Bertz CT molecular complexity index is 702. The molecule has 1 fully saturated rings. The molecule has 0 bridgehead atoms. The molecule has 142 valence electrons. The van der Waals surface area contributed by atoms with Crippen LogP contribution in [0.1, 0.15) is 72.7 Å². The summed E-state index contributed by atoms with van der Waals surface area (Å²) in [6, 6.07) is 4.51. The maximum atomic E-state index is 13.0. The van der Waals surface area contributed by atoms with E-state index in [9.17, 15) is 4.79 Å². The van der Waals surface area contributed by atoms with Crippen molar-refractivity contribution in [1.82, 2.24) is 25.6 Å². The third-order valence-corrected chi connectivity index (χ3v) is 6.41. The van der Waals surface area contributed by atoms with Crippen molar-refractivity contribution >= 4 is 17.2 Å². The van der Waals surface area contributed by atoms with E-state index in [1.54, 1.807) is 11.3 Å². The smallest absolute Gasteiger partial charge is 0.274 e. The number of amides is 1. The fraction of sp³-hybridized carbons (Fsp3) is 0.632. The Morgan fingerprint density at radius 1 is 1.38 bits per heavy atom. The lowest BCUT2D eigenvalue weighted by molar-refractivity contribution is 0.0914. The van der Waals surface area contributed by atoms with Crippen LogP contribution in [-0.4, -0.2) is 34.0 Å². The van der Waals surface area contributed by atoms with Crippen molar-refractivity contribution in [3.8, 4) is 0 Å².